The van der Waals surface area contributed by atoms with E-state index in [0.717, 1.165) is 116 Å². The van der Waals surface area contributed by atoms with Crippen molar-refractivity contribution in [3.63, 3.8) is 0 Å². The fourth-order valence-electron chi connectivity index (χ4n) is 9.67. The molecule has 66 heavy (non-hydrogen) atoms. The van der Waals surface area contributed by atoms with Gasteiger partial charge in [0.15, 0.2) is 5.82 Å². The Morgan fingerprint density at radius 1 is 0.258 bits per heavy atom. The number of nitrogens with zero attached hydrogens (tertiary/aromatic N) is 2. The van der Waals surface area contributed by atoms with Crippen LogP contribution >= 0.6 is 0 Å². The number of benzene rings is 10. The second-order valence-corrected chi connectivity index (χ2v) is 16.8. The van der Waals surface area contributed by atoms with Crippen LogP contribution in [0.15, 0.2) is 239 Å². The lowest BCUT2D eigenvalue weighted by atomic mass is 9.92. The molecule has 0 aliphatic rings. The number of para-hydroxylation sites is 2. The Bertz CT molecular complexity index is 3840. The first-order valence-electron chi connectivity index (χ1n) is 22.3. The van der Waals surface area contributed by atoms with Crippen molar-refractivity contribution in [1.82, 2.24) is 9.97 Å². The Kier molecular flexibility index (Phi) is 8.81. The quantitative estimate of drug-likeness (QED) is 0.160. The summed E-state index contributed by atoms with van der Waals surface area (Å²) in [7, 11) is 0. The molecule has 3 aromatic heterocycles. The summed E-state index contributed by atoms with van der Waals surface area (Å²) in [6.07, 6.45) is 0. The third-order valence-corrected chi connectivity index (χ3v) is 13.0. The highest BCUT2D eigenvalue weighted by atomic mass is 16.3. The van der Waals surface area contributed by atoms with Gasteiger partial charge in [-0.1, -0.05) is 206 Å². The Morgan fingerprint density at radius 2 is 0.712 bits per heavy atom. The predicted molar refractivity (Wildman–Crippen MR) is 272 cm³/mol. The summed E-state index contributed by atoms with van der Waals surface area (Å²) >= 11 is 0. The zero-order chi connectivity index (χ0) is 43.6. The van der Waals surface area contributed by atoms with E-state index in [1.165, 1.54) is 11.1 Å². The summed E-state index contributed by atoms with van der Waals surface area (Å²) in [6, 6.07) is 80.8. The molecule has 0 N–H and O–H groups in total. The van der Waals surface area contributed by atoms with Crippen LogP contribution in [0, 0.1) is 0 Å². The molecule has 0 spiro atoms. The number of furan rings is 2. The van der Waals surface area contributed by atoms with E-state index < -0.39 is 0 Å². The summed E-state index contributed by atoms with van der Waals surface area (Å²) in [5.41, 5.74) is 17.2. The number of fused-ring (bicyclic) bond motifs is 8. The van der Waals surface area contributed by atoms with Crippen molar-refractivity contribution in [3.8, 4) is 78.4 Å². The standard InChI is InChI=1S/C62H38N2O2/c1-3-13-39(14-4-1)41-25-31-44(32-26-41)55-38-56(64-62(63-55)46-35-27-42(28-36-46)40-15-5-2-6-16-40)45-33-29-43(30-34-45)53-37-54-59-49(20-12-24-58(59)66-61(54)50-19-8-7-17-47(50)53)52-22-11-21-51-48-18-9-10-23-57(48)65-60(51)52/h1-38H. The first-order valence-corrected chi connectivity index (χ1v) is 22.3. The summed E-state index contributed by atoms with van der Waals surface area (Å²) < 4.78 is 13.3. The van der Waals surface area contributed by atoms with E-state index >= 15 is 0 Å². The molecule has 0 unspecified atom stereocenters. The van der Waals surface area contributed by atoms with Crippen LogP contribution in [0.4, 0.5) is 0 Å². The molecule has 0 fully saturated rings. The second kappa shape index (κ2) is 15.4. The molecule has 4 heteroatoms. The van der Waals surface area contributed by atoms with Crippen molar-refractivity contribution < 1.29 is 8.83 Å². The van der Waals surface area contributed by atoms with E-state index in [1.807, 2.05) is 24.3 Å². The molecule has 0 saturated heterocycles. The van der Waals surface area contributed by atoms with Gasteiger partial charge < -0.3 is 8.83 Å². The molecule has 3 heterocycles. The molecule has 4 nitrogen and oxygen atoms in total. The zero-order valence-electron chi connectivity index (χ0n) is 35.7. The highest BCUT2D eigenvalue weighted by Gasteiger charge is 2.21. The number of aromatic nitrogens is 2. The molecule has 0 aliphatic carbocycles. The summed E-state index contributed by atoms with van der Waals surface area (Å²) in [4.78, 5) is 10.4. The lowest BCUT2D eigenvalue weighted by Gasteiger charge is -2.12. The van der Waals surface area contributed by atoms with Gasteiger partial charge in [0.1, 0.15) is 22.3 Å². The highest BCUT2D eigenvalue weighted by molar-refractivity contribution is 6.23. The van der Waals surface area contributed by atoms with Crippen molar-refractivity contribution in [2.24, 2.45) is 0 Å². The van der Waals surface area contributed by atoms with Crippen LogP contribution in [0.3, 0.4) is 0 Å². The molecule has 0 atom stereocenters. The largest absolute Gasteiger partial charge is 0.455 e. The molecule has 13 rings (SSSR count). The van der Waals surface area contributed by atoms with Gasteiger partial charge in [-0.15, -0.1) is 0 Å². The SMILES string of the molecule is c1ccc(-c2ccc(-c3cc(-c4ccc(-c5cc6c(oc7cccc(-c8cccc9c8oc8ccccc89)c76)c6ccccc56)cc4)nc(-c4ccc(-c5ccccc5)cc4)n3)cc2)cc1. The van der Waals surface area contributed by atoms with Crippen LogP contribution in [-0.4, -0.2) is 9.97 Å². The lowest BCUT2D eigenvalue weighted by molar-refractivity contribution is 0.670. The van der Waals surface area contributed by atoms with Crippen LogP contribution in [-0.2, 0) is 0 Å². The molecule has 0 bridgehead atoms. The van der Waals surface area contributed by atoms with E-state index in [-0.39, 0.29) is 0 Å². The van der Waals surface area contributed by atoms with E-state index in [0.29, 0.717) is 5.82 Å². The molecule has 13 aromatic rings. The Hall–Kier alpha value is -8.86. The maximum atomic E-state index is 6.78. The van der Waals surface area contributed by atoms with Crippen molar-refractivity contribution in [1.29, 1.82) is 0 Å². The number of hydrogen-bond acceptors (Lipinski definition) is 4. The molecule has 308 valence electrons. The second-order valence-electron chi connectivity index (χ2n) is 16.8. The Morgan fingerprint density at radius 3 is 1.38 bits per heavy atom. The average Bonchev–Trinajstić information content (AvgIpc) is 3.98. The van der Waals surface area contributed by atoms with Gasteiger partial charge >= 0.3 is 0 Å². The zero-order valence-corrected chi connectivity index (χ0v) is 35.7. The first-order chi connectivity index (χ1) is 32.7. The summed E-state index contributed by atoms with van der Waals surface area (Å²) in [5.74, 6) is 0.677. The maximum Gasteiger partial charge on any atom is 0.160 e. The third kappa shape index (κ3) is 6.38. The monoisotopic (exact) mass is 842 g/mol. The van der Waals surface area contributed by atoms with E-state index in [2.05, 4.69) is 206 Å². The van der Waals surface area contributed by atoms with Gasteiger partial charge in [-0.05, 0) is 68.6 Å². The molecule has 0 saturated carbocycles. The van der Waals surface area contributed by atoms with E-state index in [4.69, 9.17) is 18.8 Å². The minimum Gasteiger partial charge on any atom is -0.455 e. The van der Waals surface area contributed by atoms with Gasteiger partial charge in [-0.2, -0.15) is 0 Å². The van der Waals surface area contributed by atoms with Crippen molar-refractivity contribution in [2.75, 3.05) is 0 Å². The minimum atomic E-state index is 0.677. The molecular formula is C62H38N2O2. The minimum absolute atomic E-state index is 0.677. The van der Waals surface area contributed by atoms with Crippen LogP contribution in [0.2, 0.25) is 0 Å². The Balaban J connectivity index is 0.931. The van der Waals surface area contributed by atoms with Crippen LogP contribution in [0.1, 0.15) is 0 Å². The van der Waals surface area contributed by atoms with Crippen LogP contribution in [0.5, 0.6) is 0 Å². The van der Waals surface area contributed by atoms with E-state index in [1.54, 1.807) is 0 Å². The third-order valence-electron chi connectivity index (χ3n) is 13.0. The molecule has 0 amide bonds. The first kappa shape index (κ1) is 37.7. The van der Waals surface area contributed by atoms with Crippen molar-refractivity contribution >= 4 is 54.6 Å². The maximum absolute atomic E-state index is 6.78. The molecule has 0 aliphatic heterocycles. The van der Waals surface area contributed by atoms with Crippen LogP contribution < -0.4 is 0 Å². The van der Waals surface area contributed by atoms with Gasteiger partial charge in [-0.3, -0.25) is 0 Å². The fourth-order valence-corrected chi connectivity index (χ4v) is 9.67. The smallest absolute Gasteiger partial charge is 0.160 e. The number of rotatable bonds is 7. The molecule has 10 aromatic carbocycles. The van der Waals surface area contributed by atoms with E-state index in [9.17, 15) is 0 Å². The van der Waals surface area contributed by atoms with Crippen molar-refractivity contribution in [2.45, 2.75) is 0 Å². The van der Waals surface area contributed by atoms with Crippen molar-refractivity contribution in [3.05, 3.63) is 231 Å². The topological polar surface area (TPSA) is 52.1 Å². The highest BCUT2D eigenvalue weighted by Crippen LogP contribution is 2.45. The fraction of sp³-hybridized carbons (Fsp3) is 0. The lowest BCUT2D eigenvalue weighted by Crippen LogP contribution is -1.96. The predicted octanol–water partition coefficient (Wildman–Crippen LogP) is 17.1. The van der Waals surface area contributed by atoms with Crippen LogP contribution in [0.25, 0.3) is 133 Å². The summed E-state index contributed by atoms with van der Waals surface area (Å²) in [5, 5.41) is 6.54. The Labute approximate surface area is 380 Å². The molecular weight excluding hydrogens is 805 g/mol. The average molecular weight is 843 g/mol. The normalized spacial score (nSPS) is 11.6. The van der Waals surface area contributed by atoms with Gasteiger partial charge in [0.05, 0.1) is 11.4 Å². The van der Waals surface area contributed by atoms with Gasteiger partial charge in [0.2, 0.25) is 0 Å². The molecule has 0 radical (unpaired) electrons. The summed E-state index contributed by atoms with van der Waals surface area (Å²) in [6.45, 7) is 0. The van der Waals surface area contributed by atoms with Gasteiger partial charge in [0, 0.05) is 49.2 Å². The number of hydrogen-bond donors (Lipinski definition) is 0. The van der Waals surface area contributed by atoms with Gasteiger partial charge in [-0.25, -0.2) is 9.97 Å². The van der Waals surface area contributed by atoms with Gasteiger partial charge in [0.25, 0.3) is 0 Å².